The molecule has 2 nitrogen and oxygen atoms in total. The van der Waals surface area contributed by atoms with Gasteiger partial charge in [-0.2, -0.15) is 0 Å². The standard InChI is InChI=1S/C14H12FIO2/c1-17-13-8-4-5-10(14(13)15)9-18-12-7-3-2-6-11(12)16/h2-8H,9H2,1H3. The number of benzene rings is 2. The van der Waals surface area contributed by atoms with Gasteiger partial charge in [0.1, 0.15) is 12.4 Å². The summed E-state index contributed by atoms with van der Waals surface area (Å²) in [6.07, 6.45) is 0. The highest BCUT2D eigenvalue weighted by Gasteiger charge is 2.09. The molecule has 94 valence electrons. The first-order valence-corrected chi connectivity index (χ1v) is 6.49. The Labute approximate surface area is 119 Å². The van der Waals surface area contributed by atoms with E-state index in [9.17, 15) is 4.39 Å². The average molecular weight is 358 g/mol. The molecule has 0 saturated heterocycles. The quantitative estimate of drug-likeness (QED) is 0.769. The second kappa shape index (κ2) is 6.04. The zero-order chi connectivity index (χ0) is 13.0. The van der Waals surface area contributed by atoms with Gasteiger partial charge < -0.3 is 9.47 Å². The van der Waals surface area contributed by atoms with E-state index in [2.05, 4.69) is 22.6 Å². The van der Waals surface area contributed by atoms with E-state index in [0.717, 1.165) is 9.32 Å². The average Bonchev–Trinajstić information content (AvgIpc) is 2.39. The van der Waals surface area contributed by atoms with Crippen LogP contribution in [0.25, 0.3) is 0 Å². The van der Waals surface area contributed by atoms with Crippen LogP contribution in [0.4, 0.5) is 4.39 Å². The number of hydrogen-bond acceptors (Lipinski definition) is 2. The molecule has 0 aliphatic rings. The molecule has 0 unspecified atom stereocenters. The van der Waals surface area contributed by atoms with E-state index in [1.54, 1.807) is 18.2 Å². The maximum atomic E-state index is 13.9. The number of halogens is 2. The third-order valence-electron chi connectivity index (χ3n) is 2.48. The molecule has 2 aromatic rings. The lowest BCUT2D eigenvalue weighted by molar-refractivity contribution is 0.293. The van der Waals surface area contributed by atoms with Crippen LogP contribution in [0.2, 0.25) is 0 Å². The van der Waals surface area contributed by atoms with Gasteiger partial charge in [0.25, 0.3) is 0 Å². The van der Waals surface area contributed by atoms with Crippen LogP contribution in [-0.4, -0.2) is 7.11 Å². The molecule has 2 aromatic carbocycles. The first kappa shape index (κ1) is 13.1. The van der Waals surface area contributed by atoms with Gasteiger partial charge in [-0.25, -0.2) is 4.39 Å². The highest BCUT2D eigenvalue weighted by Crippen LogP contribution is 2.24. The Bertz CT molecular complexity index is 543. The summed E-state index contributed by atoms with van der Waals surface area (Å²) in [5.41, 5.74) is 0.481. The van der Waals surface area contributed by atoms with Gasteiger partial charge in [0.05, 0.1) is 10.7 Å². The lowest BCUT2D eigenvalue weighted by Crippen LogP contribution is -2.01. The molecule has 4 heteroatoms. The van der Waals surface area contributed by atoms with Gasteiger partial charge in [0.15, 0.2) is 11.6 Å². The van der Waals surface area contributed by atoms with Gasteiger partial charge >= 0.3 is 0 Å². The fraction of sp³-hybridized carbons (Fsp3) is 0.143. The summed E-state index contributed by atoms with van der Waals surface area (Å²) in [4.78, 5) is 0. The van der Waals surface area contributed by atoms with E-state index in [1.807, 2.05) is 24.3 Å². The molecule has 0 saturated carbocycles. The van der Waals surface area contributed by atoms with Crippen molar-refractivity contribution in [1.29, 1.82) is 0 Å². The zero-order valence-electron chi connectivity index (χ0n) is 9.82. The van der Waals surface area contributed by atoms with Crippen molar-refractivity contribution in [3.05, 3.63) is 57.4 Å². The minimum atomic E-state index is -0.370. The molecule has 18 heavy (non-hydrogen) atoms. The second-order valence-electron chi connectivity index (χ2n) is 3.65. The van der Waals surface area contributed by atoms with Crippen LogP contribution in [0.1, 0.15) is 5.56 Å². The first-order valence-electron chi connectivity index (χ1n) is 5.41. The summed E-state index contributed by atoms with van der Waals surface area (Å²) < 4.78 is 25.4. The fourth-order valence-corrected chi connectivity index (χ4v) is 2.09. The topological polar surface area (TPSA) is 18.5 Å². The summed E-state index contributed by atoms with van der Waals surface area (Å²) in [6, 6.07) is 12.6. The highest BCUT2D eigenvalue weighted by molar-refractivity contribution is 14.1. The van der Waals surface area contributed by atoms with E-state index in [-0.39, 0.29) is 18.2 Å². The first-order chi connectivity index (χ1) is 8.72. The SMILES string of the molecule is COc1cccc(COc2ccccc2I)c1F. The molecule has 0 spiro atoms. The molecule has 0 amide bonds. The van der Waals surface area contributed by atoms with Gasteiger partial charge in [-0.1, -0.05) is 24.3 Å². The lowest BCUT2D eigenvalue weighted by atomic mass is 10.2. The van der Waals surface area contributed by atoms with Crippen LogP contribution in [-0.2, 0) is 6.61 Å². The maximum Gasteiger partial charge on any atom is 0.171 e. The van der Waals surface area contributed by atoms with Crippen molar-refractivity contribution in [3.8, 4) is 11.5 Å². The molecule has 0 fully saturated rings. The van der Waals surface area contributed by atoms with Gasteiger partial charge in [-0.15, -0.1) is 0 Å². The van der Waals surface area contributed by atoms with Gasteiger partial charge in [0.2, 0.25) is 0 Å². The summed E-state index contributed by atoms with van der Waals surface area (Å²) in [6.45, 7) is 0.184. The highest BCUT2D eigenvalue weighted by atomic mass is 127. The number of ether oxygens (including phenoxy) is 2. The third-order valence-corrected chi connectivity index (χ3v) is 3.37. The minimum Gasteiger partial charge on any atom is -0.494 e. The van der Waals surface area contributed by atoms with E-state index >= 15 is 0 Å². The van der Waals surface area contributed by atoms with Gasteiger partial charge in [0, 0.05) is 5.56 Å². The predicted molar refractivity (Wildman–Crippen MR) is 76.4 cm³/mol. The maximum absolute atomic E-state index is 13.9. The van der Waals surface area contributed by atoms with Crippen molar-refractivity contribution in [2.24, 2.45) is 0 Å². The summed E-state index contributed by atoms with van der Waals surface area (Å²) in [5, 5.41) is 0. The van der Waals surface area contributed by atoms with Crippen LogP contribution in [0.15, 0.2) is 42.5 Å². The molecule has 2 rings (SSSR count). The van der Waals surface area contributed by atoms with Crippen LogP contribution >= 0.6 is 22.6 Å². The molecule has 0 atom stereocenters. The van der Waals surface area contributed by atoms with E-state index in [0.29, 0.717) is 5.56 Å². The summed E-state index contributed by atoms with van der Waals surface area (Å²) >= 11 is 2.18. The molecule has 0 aliphatic carbocycles. The van der Waals surface area contributed by atoms with E-state index in [4.69, 9.17) is 9.47 Å². The Hall–Kier alpha value is -1.30. The van der Waals surface area contributed by atoms with Crippen molar-refractivity contribution in [3.63, 3.8) is 0 Å². The van der Waals surface area contributed by atoms with Gasteiger partial charge in [-0.05, 0) is 40.8 Å². The van der Waals surface area contributed by atoms with E-state index < -0.39 is 0 Å². The largest absolute Gasteiger partial charge is 0.494 e. The van der Waals surface area contributed by atoms with Crippen molar-refractivity contribution >= 4 is 22.6 Å². The smallest absolute Gasteiger partial charge is 0.171 e. The Kier molecular flexibility index (Phi) is 4.41. The number of methoxy groups -OCH3 is 1. The normalized spacial score (nSPS) is 10.2. The molecule has 0 radical (unpaired) electrons. The number of rotatable bonds is 4. The number of para-hydroxylation sites is 1. The van der Waals surface area contributed by atoms with Crippen LogP contribution < -0.4 is 9.47 Å². The molecule has 0 N–H and O–H groups in total. The van der Waals surface area contributed by atoms with Crippen molar-refractivity contribution in [1.82, 2.24) is 0 Å². The Morgan fingerprint density at radius 2 is 1.78 bits per heavy atom. The van der Waals surface area contributed by atoms with E-state index in [1.165, 1.54) is 7.11 Å². The number of hydrogen-bond donors (Lipinski definition) is 0. The Morgan fingerprint density at radius 3 is 2.50 bits per heavy atom. The Morgan fingerprint density at radius 1 is 1.06 bits per heavy atom. The predicted octanol–water partition coefficient (Wildman–Crippen LogP) is 4.02. The second-order valence-corrected chi connectivity index (χ2v) is 4.81. The van der Waals surface area contributed by atoms with Crippen molar-refractivity contribution in [2.45, 2.75) is 6.61 Å². The van der Waals surface area contributed by atoms with Crippen LogP contribution in [0.5, 0.6) is 11.5 Å². The minimum absolute atomic E-state index is 0.184. The third kappa shape index (κ3) is 2.93. The Balaban J connectivity index is 2.14. The molecular weight excluding hydrogens is 346 g/mol. The molecule has 0 bridgehead atoms. The molecular formula is C14H12FIO2. The molecule has 0 aliphatic heterocycles. The monoisotopic (exact) mass is 358 g/mol. The molecule has 0 aromatic heterocycles. The van der Waals surface area contributed by atoms with Crippen LogP contribution in [0.3, 0.4) is 0 Å². The summed E-state index contributed by atoms with van der Waals surface area (Å²) in [5.74, 6) is 0.616. The fourth-order valence-electron chi connectivity index (χ4n) is 1.54. The summed E-state index contributed by atoms with van der Waals surface area (Å²) in [7, 11) is 1.45. The zero-order valence-corrected chi connectivity index (χ0v) is 12.0. The van der Waals surface area contributed by atoms with Crippen molar-refractivity contribution in [2.75, 3.05) is 7.11 Å². The lowest BCUT2D eigenvalue weighted by Gasteiger charge is -2.10. The van der Waals surface area contributed by atoms with Crippen LogP contribution in [0, 0.1) is 9.39 Å². The van der Waals surface area contributed by atoms with Crippen molar-refractivity contribution < 1.29 is 13.9 Å². The van der Waals surface area contributed by atoms with Gasteiger partial charge in [-0.3, -0.25) is 0 Å². The molecule has 0 heterocycles.